The van der Waals surface area contributed by atoms with Crippen LogP contribution in [-0.2, 0) is 15.3 Å². The summed E-state index contributed by atoms with van der Waals surface area (Å²) < 4.78 is 4.81. The number of ether oxygens (including phenoxy) is 1. The first-order valence-electron chi connectivity index (χ1n) is 8.30. The van der Waals surface area contributed by atoms with Gasteiger partial charge in [0.2, 0.25) is 0 Å². The van der Waals surface area contributed by atoms with Crippen LogP contribution in [0.25, 0.3) is 0 Å². The summed E-state index contributed by atoms with van der Waals surface area (Å²) in [6, 6.07) is 11.9. The minimum atomic E-state index is -0.168. The van der Waals surface area contributed by atoms with Crippen LogP contribution in [0.2, 0.25) is 0 Å². The fraction of sp³-hybridized carbons (Fsp3) is 0.368. The number of amides is 1. The second kappa shape index (κ2) is 8.54. The van der Waals surface area contributed by atoms with E-state index in [2.05, 4.69) is 11.4 Å². The molecule has 3 rings (SSSR count). The fourth-order valence-electron chi connectivity index (χ4n) is 2.97. The van der Waals surface area contributed by atoms with Crippen molar-refractivity contribution < 1.29 is 14.3 Å². The van der Waals surface area contributed by atoms with Gasteiger partial charge in [0, 0.05) is 28.6 Å². The van der Waals surface area contributed by atoms with E-state index in [0.717, 1.165) is 16.2 Å². The van der Waals surface area contributed by atoms with Gasteiger partial charge in [-0.15, -0.1) is 23.1 Å². The molecule has 0 bridgehead atoms. The molecule has 0 N–H and O–H groups in total. The van der Waals surface area contributed by atoms with Gasteiger partial charge in [0.25, 0.3) is 5.91 Å². The van der Waals surface area contributed by atoms with E-state index in [-0.39, 0.29) is 17.8 Å². The summed E-state index contributed by atoms with van der Waals surface area (Å²) in [5.41, 5.74) is 0.751. The number of piperidine rings is 1. The van der Waals surface area contributed by atoms with Crippen molar-refractivity contribution in [3.8, 4) is 0 Å². The molecule has 2 heterocycles. The second-order valence-electron chi connectivity index (χ2n) is 5.95. The molecule has 1 saturated heterocycles. The molecule has 1 aliphatic rings. The molecular formula is C19H21NO3S2. The smallest absolute Gasteiger partial charge is 0.308 e. The molecule has 0 saturated carbocycles. The highest BCUT2D eigenvalue weighted by Gasteiger charge is 2.29. The molecule has 1 aromatic heterocycles. The molecule has 4 nitrogen and oxygen atoms in total. The lowest BCUT2D eigenvalue weighted by atomic mass is 9.96. The van der Waals surface area contributed by atoms with Gasteiger partial charge in [-0.25, -0.2) is 0 Å². The molecular weight excluding hydrogens is 354 g/mol. The van der Waals surface area contributed by atoms with E-state index in [9.17, 15) is 9.59 Å². The van der Waals surface area contributed by atoms with Crippen LogP contribution in [-0.4, -0.2) is 37.0 Å². The van der Waals surface area contributed by atoms with Crippen LogP contribution in [0.4, 0.5) is 0 Å². The zero-order chi connectivity index (χ0) is 17.6. The predicted octanol–water partition coefficient (Wildman–Crippen LogP) is 4.07. The Morgan fingerprint density at radius 2 is 1.96 bits per heavy atom. The van der Waals surface area contributed by atoms with Crippen molar-refractivity contribution in [2.24, 2.45) is 5.92 Å². The van der Waals surface area contributed by atoms with Gasteiger partial charge in [0.05, 0.1) is 18.6 Å². The Balaban J connectivity index is 1.65. The highest BCUT2D eigenvalue weighted by atomic mass is 32.2. The van der Waals surface area contributed by atoms with Crippen molar-refractivity contribution in [1.29, 1.82) is 0 Å². The number of benzene rings is 1. The molecule has 0 aliphatic carbocycles. The maximum Gasteiger partial charge on any atom is 0.308 e. The van der Waals surface area contributed by atoms with Crippen LogP contribution >= 0.6 is 23.1 Å². The maximum absolute atomic E-state index is 12.9. The van der Waals surface area contributed by atoms with E-state index >= 15 is 0 Å². The minimum absolute atomic E-state index is 0.0533. The average molecular weight is 376 g/mol. The molecule has 1 aromatic carbocycles. The first-order chi connectivity index (χ1) is 12.2. The molecule has 0 radical (unpaired) electrons. The summed E-state index contributed by atoms with van der Waals surface area (Å²) >= 11 is 3.42. The van der Waals surface area contributed by atoms with E-state index in [1.807, 2.05) is 35.2 Å². The Kier molecular flexibility index (Phi) is 6.15. The molecule has 0 spiro atoms. The summed E-state index contributed by atoms with van der Waals surface area (Å²) in [4.78, 5) is 28.7. The Labute approximate surface area is 156 Å². The summed E-state index contributed by atoms with van der Waals surface area (Å²) in [6.07, 6.45) is 1.34. The Morgan fingerprint density at radius 1 is 1.20 bits per heavy atom. The van der Waals surface area contributed by atoms with Gasteiger partial charge in [-0.2, -0.15) is 0 Å². The fourth-order valence-corrected chi connectivity index (χ4v) is 4.79. The second-order valence-corrected chi connectivity index (χ2v) is 8.00. The van der Waals surface area contributed by atoms with E-state index in [1.165, 1.54) is 12.0 Å². The Hall–Kier alpha value is -1.79. The van der Waals surface area contributed by atoms with Crippen LogP contribution in [0.5, 0.6) is 0 Å². The number of carbonyl (C=O) groups is 2. The summed E-state index contributed by atoms with van der Waals surface area (Å²) in [7, 11) is 1.42. The number of methoxy groups -OCH3 is 1. The number of esters is 1. The molecule has 6 heteroatoms. The molecule has 25 heavy (non-hydrogen) atoms. The third kappa shape index (κ3) is 4.44. The van der Waals surface area contributed by atoms with Crippen LogP contribution in [0.1, 0.15) is 28.1 Å². The number of likely N-dealkylation sites (tertiary alicyclic amines) is 1. The number of carbonyl (C=O) groups excluding carboxylic acids is 2. The lowest BCUT2D eigenvalue weighted by Crippen LogP contribution is -2.40. The van der Waals surface area contributed by atoms with Crippen molar-refractivity contribution >= 4 is 35.0 Å². The number of thioether (sulfide) groups is 1. The quantitative estimate of drug-likeness (QED) is 0.584. The molecule has 1 amide bonds. The van der Waals surface area contributed by atoms with E-state index in [4.69, 9.17) is 4.74 Å². The van der Waals surface area contributed by atoms with Gasteiger partial charge >= 0.3 is 5.97 Å². The summed E-state index contributed by atoms with van der Waals surface area (Å²) in [6.45, 7) is 1.20. The number of hydrogen-bond donors (Lipinski definition) is 0. The van der Waals surface area contributed by atoms with Gasteiger partial charge in [0.15, 0.2) is 0 Å². The minimum Gasteiger partial charge on any atom is -0.469 e. The normalized spacial score (nSPS) is 15.2. The SMILES string of the molecule is COC(=O)C1CCN(C(=O)c2ccccc2SCc2cccs2)CC1. The highest BCUT2D eigenvalue weighted by molar-refractivity contribution is 7.98. The summed E-state index contributed by atoms with van der Waals surface area (Å²) in [5.74, 6) is 0.668. The van der Waals surface area contributed by atoms with Gasteiger partial charge in [0.1, 0.15) is 0 Å². The molecule has 0 atom stereocenters. The maximum atomic E-state index is 12.9. The van der Waals surface area contributed by atoms with Crippen LogP contribution in [0.3, 0.4) is 0 Å². The first-order valence-corrected chi connectivity index (χ1v) is 10.2. The van der Waals surface area contributed by atoms with Gasteiger partial charge in [-0.05, 0) is 36.4 Å². The zero-order valence-corrected chi connectivity index (χ0v) is 15.8. The molecule has 0 unspecified atom stereocenters. The van der Waals surface area contributed by atoms with E-state index in [0.29, 0.717) is 25.9 Å². The number of rotatable bonds is 5. The lowest BCUT2D eigenvalue weighted by molar-refractivity contribution is -0.146. The van der Waals surface area contributed by atoms with Crippen molar-refractivity contribution in [1.82, 2.24) is 4.90 Å². The average Bonchev–Trinajstić information content (AvgIpc) is 3.19. The van der Waals surface area contributed by atoms with Gasteiger partial charge in [-0.1, -0.05) is 18.2 Å². The zero-order valence-electron chi connectivity index (χ0n) is 14.1. The Morgan fingerprint density at radius 3 is 2.64 bits per heavy atom. The highest BCUT2D eigenvalue weighted by Crippen LogP contribution is 2.29. The van der Waals surface area contributed by atoms with Crippen molar-refractivity contribution in [2.75, 3.05) is 20.2 Å². The standard InChI is InChI=1S/C19H21NO3S2/c1-23-19(22)14-8-10-20(11-9-14)18(21)16-6-2-3-7-17(16)25-13-15-5-4-12-24-15/h2-7,12,14H,8-11,13H2,1H3. The number of hydrogen-bond acceptors (Lipinski definition) is 5. The van der Waals surface area contributed by atoms with Crippen LogP contribution in [0.15, 0.2) is 46.7 Å². The van der Waals surface area contributed by atoms with E-state index in [1.54, 1.807) is 23.1 Å². The first kappa shape index (κ1) is 18.0. The van der Waals surface area contributed by atoms with Crippen LogP contribution in [0, 0.1) is 5.92 Å². The van der Waals surface area contributed by atoms with Gasteiger partial charge in [-0.3, -0.25) is 9.59 Å². The molecule has 132 valence electrons. The van der Waals surface area contributed by atoms with E-state index < -0.39 is 0 Å². The van der Waals surface area contributed by atoms with Crippen LogP contribution < -0.4 is 0 Å². The largest absolute Gasteiger partial charge is 0.469 e. The van der Waals surface area contributed by atoms with Crippen molar-refractivity contribution in [3.63, 3.8) is 0 Å². The van der Waals surface area contributed by atoms with Gasteiger partial charge < -0.3 is 9.64 Å². The Bertz CT molecular complexity index is 722. The molecule has 2 aromatic rings. The number of thiophene rings is 1. The molecule has 1 aliphatic heterocycles. The third-order valence-corrected chi connectivity index (χ3v) is 6.57. The summed E-state index contributed by atoms with van der Waals surface area (Å²) in [5, 5.41) is 2.07. The topological polar surface area (TPSA) is 46.6 Å². The number of nitrogens with zero attached hydrogens (tertiary/aromatic N) is 1. The monoisotopic (exact) mass is 375 g/mol. The lowest BCUT2D eigenvalue weighted by Gasteiger charge is -2.31. The van der Waals surface area contributed by atoms with Crippen molar-refractivity contribution in [2.45, 2.75) is 23.5 Å². The third-order valence-electron chi connectivity index (χ3n) is 4.38. The van der Waals surface area contributed by atoms with Crippen molar-refractivity contribution in [3.05, 3.63) is 52.2 Å². The molecule has 1 fully saturated rings. The predicted molar refractivity (Wildman–Crippen MR) is 101 cm³/mol.